The number of benzene rings is 2. The van der Waals surface area contributed by atoms with Crippen molar-refractivity contribution >= 4 is 28.9 Å². The van der Waals surface area contributed by atoms with Crippen LogP contribution in [0.4, 0.5) is 11.4 Å². The predicted octanol–water partition coefficient (Wildman–Crippen LogP) is 1.40. The van der Waals surface area contributed by atoms with Gasteiger partial charge in [0.15, 0.2) is 6.54 Å². The van der Waals surface area contributed by atoms with Gasteiger partial charge in [0.25, 0.3) is 5.91 Å². The van der Waals surface area contributed by atoms with Gasteiger partial charge in [-0.05, 0) is 36.4 Å². The van der Waals surface area contributed by atoms with Crippen LogP contribution in [0.1, 0.15) is 0 Å². The van der Waals surface area contributed by atoms with E-state index in [-0.39, 0.29) is 5.91 Å². The smallest absolute Gasteiger partial charge is 0.277 e. The van der Waals surface area contributed by atoms with E-state index in [9.17, 15) is 4.79 Å². The molecule has 0 bridgehead atoms. The average Bonchev–Trinajstić information content (AvgIpc) is 2.80. The van der Waals surface area contributed by atoms with Gasteiger partial charge in [0, 0.05) is 31.9 Å². The summed E-state index contributed by atoms with van der Waals surface area (Å²) >= 11 is 6.32. The van der Waals surface area contributed by atoms with E-state index in [0.717, 1.165) is 68.8 Å². The highest BCUT2D eigenvalue weighted by molar-refractivity contribution is 6.33. The van der Waals surface area contributed by atoms with Crippen LogP contribution in [0.2, 0.25) is 5.02 Å². The van der Waals surface area contributed by atoms with Crippen LogP contribution in [0.3, 0.4) is 0 Å². The third kappa shape index (κ3) is 4.82. The van der Waals surface area contributed by atoms with Gasteiger partial charge < -0.3 is 24.3 Å². The van der Waals surface area contributed by atoms with Gasteiger partial charge in [-0.25, -0.2) is 0 Å². The lowest BCUT2D eigenvalue weighted by Gasteiger charge is -2.38. The van der Waals surface area contributed by atoms with Crippen LogP contribution >= 0.6 is 11.6 Å². The molecule has 0 saturated carbocycles. The Morgan fingerprint density at radius 3 is 2.23 bits per heavy atom. The second-order valence-electron chi connectivity index (χ2n) is 7.93. The standard InChI is InChI=1S/C23H29ClN4O2/c1-30-20-8-6-19(7-9-20)26-12-10-25(11-13-26)18-23(29)28-16-14-27(15-17-28)22-5-3-2-4-21(22)24/h2-9H,10-18H2,1H3/p+1. The minimum absolute atomic E-state index is 0.265. The number of methoxy groups -OCH3 is 1. The highest BCUT2D eigenvalue weighted by Crippen LogP contribution is 2.26. The number of amides is 1. The van der Waals surface area contributed by atoms with Crippen LogP contribution in [0.15, 0.2) is 48.5 Å². The van der Waals surface area contributed by atoms with E-state index in [4.69, 9.17) is 16.3 Å². The summed E-state index contributed by atoms with van der Waals surface area (Å²) in [5.74, 6) is 1.14. The second-order valence-corrected chi connectivity index (χ2v) is 8.34. The number of anilines is 2. The van der Waals surface area contributed by atoms with Crippen molar-refractivity contribution in [1.82, 2.24) is 4.90 Å². The molecule has 0 aromatic heterocycles. The molecule has 0 spiro atoms. The highest BCUT2D eigenvalue weighted by atomic mass is 35.5. The first-order valence-corrected chi connectivity index (χ1v) is 11.0. The molecule has 1 N–H and O–H groups in total. The quantitative estimate of drug-likeness (QED) is 0.780. The average molecular weight is 430 g/mol. The van der Waals surface area contributed by atoms with Crippen molar-refractivity contribution in [3.8, 4) is 5.75 Å². The monoisotopic (exact) mass is 429 g/mol. The number of nitrogens with one attached hydrogen (secondary N) is 1. The van der Waals surface area contributed by atoms with E-state index in [2.05, 4.69) is 21.9 Å². The number of carbonyl (C=O) groups is 1. The molecule has 2 saturated heterocycles. The number of piperazine rings is 2. The molecule has 160 valence electrons. The summed E-state index contributed by atoms with van der Waals surface area (Å²) in [4.78, 5) is 20.9. The molecule has 0 aliphatic carbocycles. The van der Waals surface area contributed by atoms with Crippen LogP contribution in [0.5, 0.6) is 5.75 Å². The molecule has 2 aliphatic heterocycles. The summed E-state index contributed by atoms with van der Waals surface area (Å²) in [6.07, 6.45) is 0. The third-order valence-corrected chi connectivity index (χ3v) is 6.45. The molecule has 4 rings (SSSR count). The number of rotatable bonds is 5. The highest BCUT2D eigenvalue weighted by Gasteiger charge is 2.27. The number of halogens is 1. The first kappa shape index (κ1) is 20.8. The summed E-state index contributed by atoms with van der Waals surface area (Å²) in [5, 5.41) is 0.774. The Hall–Kier alpha value is -2.44. The zero-order valence-electron chi connectivity index (χ0n) is 17.5. The summed E-state index contributed by atoms with van der Waals surface area (Å²) in [6.45, 7) is 7.67. The van der Waals surface area contributed by atoms with E-state index >= 15 is 0 Å². The summed E-state index contributed by atoms with van der Waals surface area (Å²) in [7, 11) is 1.69. The van der Waals surface area contributed by atoms with Crippen molar-refractivity contribution in [1.29, 1.82) is 0 Å². The number of ether oxygens (including phenoxy) is 1. The summed E-state index contributed by atoms with van der Waals surface area (Å²) in [6, 6.07) is 16.1. The largest absolute Gasteiger partial charge is 0.497 e. The fourth-order valence-electron chi connectivity index (χ4n) is 4.28. The van der Waals surface area contributed by atoms with E-state index < -0.39 is 0 Å². The maximum absolute atomic E-state index is 12.8. The van der Waals surface area contributed by atoms with Crippen LogP contribution in [-0.4, -0.2) is 76.8 Å². The van der Waals surface area contributed by atoms with Crippen molar-refractivity contribution in [3.05, 3.63) is 53.6 Å². The molecule has 7 heteroatoms. The molecule has 2 heterocycles. The molecule has 6 nitrogen and oxygen atoms in total. The number of carbonyl (C=O) groups excluding carboxylic acids is 1. The summed E-state index contributed by atoms with van der Waals surface area (Å²) < 4.78 is 5.24. The number of para-hydroxylation sites is 1. The van der Waals surface area contributed by atoms with Gasteiger partial charge in [0.2, 0.25) is 0 Å². The van der Waals surface area contributed by atoms with Gasteiger partial charge in [-0.15, -0.1) is 0 Å². The molecule has 0 atom stereocenters. The summed E-state index contributed by atoms with van der Waals surface area (Å²) in [5.41, 5.74) is 2.28. The zero-order valence-corrected chi connectivity index (χ0v) is 18.3. The molecule has 2 aromatic carbocycles. The van der Waals surface area contributed by atoms with Crippen LogP contribution in [-0.2, 0) is 4.79 Å². The Morgan fingerprint density at radius 2 is 1.60 bits per heavy atom. The van der Waals surface area contributed by atoms with Crippen molar-refractivity contribution in [2.24, 2.45) is 0 Å². The van der Waals surface area contributed by atoms with Crippen LogP contribution in [0.25, 0.3) is 0 Å². The molecular formula is C23H30ClN4O2+. The first-order valence-electron chi connectivity index (χ1n) is 10.6. The zero-order chi connectivity index (χ0) is 20.9. The topological polar surface area (TPSA) is 40.5 Å². The second kappa shape index (κ2) is 9.58. The Balaban J connectivity index is 1.23. The Morgan fingerprint density at radius 1 is 0.933 bits per heavy atom. The number of hydrogen-bond acceptors (Lipinski definition) is 4. The minimum atomic E-state index is 0.265. The lowest BCUT2D eigenvalue weighted by atomic mass is 10.2. The van der Waals surface area contributed by atoms with E-state index in [1.165, 1.54) is 10.6 Å². The molecule has 0 unspecified atom stereocenters. The first-order chi connectivity index (χ1) is 14.6. The van der Waals surface area contributed by atoms with E-state index in [0.29, 0.717) is 6.54 Å². The van der Waals surface area contributed by atoms with Gasteiger partial charge in [-0.1, -0.05) is 23.7 Å². The molecule has 30 heavy (non-hydrogen) atoms. The molecular weight excluding hydrogens is 400 g/mol. The Labute approximate surface area is 183 Å². The molecule has 0 radical (unpaired) electrons. The maximum Gasteiger partial charge on any atom is 0.277 e. The SMILES string of the molecule is COc1ccc(N2CC[NH+](CC(=O)N3CCN(c4ccccc4Cl)CC3)CC2)cc1. The Bertz CT molecular complexity index is 845. The van der Waals surface area contributed by atoms with Gasteiger partial charge in [-0.3, -0.25) is 4.79 Å². The van der Waals surface area contributed by atoms with E-state index in [1.54, 1.807) is 7.11 Å². The molecule has 2 aromatic rings. The number of hydrogen-bond donors (Lipinski definition) is 1. The molecule has 2 aliphatic rings. The Kier molecular flexibility index (Phi) is 6.65. The predicted molar refractivity (Wildman–Crippen MR) is 121 cm³/mol. The number of nitrogens with zero attached hydrogens (tertiary/aromatic N) is 3. The van der Waals surface area contributed by atoms with E-state index in [1.807, 2.05) is 41.3 Å². The molecule has 1 amide bonds. The maximum atomic E-state index is 12.8. The lowest BCUT2D eigenvalue weighted by molar-refractivity contribution is -0.892. The fourth-order valence-corrected chi connectivity index (χ4v) is 4.54. The van der Waals surface area contributed by atoms with Crippen molar-refractivity contribution < 1.29 is 14.4 Å². The fraction of sp³-hybridized carbons (Fsp3) is 0.435. The van der Waals surface area contributed by atoms with Crippen LogP contribution in [0, 0.1) is 0 Å². The van der Waals surface area contributed by atoms with Crippen LogP contribution < -0.4 is 19.4 Å². The minimum Gasteiger partial charge on any atom is -0.497 e. The van der Waals surface area contributed by atoms with Gasteiger partial charge in [0.05, 0.1) is 44.0 Å². The van der Waals surface area contributed by atoms with Gasteiger partial charge >= 0.3 is 0 Å². The number of quaternary nitrogens is 1. The van der Waals surface area contributed by atoms with Crippen molar-refractivity contribution in [3.63, 3.8) is 0 Å². The lowest BCUT2D eigenvalue weighted by Crippen LogP contribution is -3.16. The van der Waals surface area contributed by atoms with Crippen molar-refractivity contribution in [2.75, 3.05) is 75.8 Å². The van der Waals surface area contributed by atoms with Gasteiger partial charge in [-0.2, -0.15) is 0 Å². The normalized spacial score (nSPS) is 17.9. The van der Waals surface area contributed by atoms with Gasteiger partial charge in [0.1, 0.15) is 5.75 Å². The van der Waals surface area contributed by atoms with Crippen molar-refractivity contribution in [2.45, 2.75) is 0 Å². The molecule has 2 fully saturated rings. The third-order valence-electron chi connectivity index (χ3n) is 6.13.